The van der Waals surface area contributed by atoms with Gasteiger partial charge in [0.15, 0.2) is 0 Å². The van der Waals surface area contributed by atoms with Gasteiger partial charge >= 0.3 is 5.97 Å². The lowest BCUT2D eigenvalue weighted by Gasteiger charge is -2.25. The Morgan fingerprint density at radius 2 is 1.27 bits per heavy atom. The number of aliphatic carboxylic acids is 1. The van der Waals surface area contributed by atoms with Crippen LogP contribution in [-0.4, -0.2) is 83.0 Å². The molecule has 4 atom stereocenters. The Balaban J connectivity index is 1.97. The summed E-state index contributed by atoms with van der Waals surface area (Å²) in [5.41, 5.74) is 7.34. The van der Waals surface area contributed by atoms with E-state index >= 15 is 0 Å². The van der Waals surface area contributed by atoms with E-state index in [0.717, 1.165) is 11.1 Å². The lowest BCUT2D eigenvalue weighted by Crippen LogP contribution is -2.57. The molecule has 0 saturated heterocycles. The minimum atomic E-state index is -1.23. The lowest BCUT2D eigenvalue weighted by molar-refractivity contribution is -0.141. The van der Waals surface area contributed by atoms with Crippen molar-refractivity contribution in [2.75, 3.05) is 13.1 Å². The van der Waals surface area contributed by atoms with Crippen LogP contribution in [-0.2, 0) is 41.6 Å². The second-order valence-corrected chi connectivity index (χ2v) is 11.0. The highest BCUT2D eigenvalue weighted by molar-refractivity contribution is 5.94. The maximum atomic E-state index is 13.3. The van der Waals surface area contributed by atoms with Crippen molar-refractivity contribution in [1.29, 1.82) is 0 Å². The van der Waals surface area contributed by atoms with Crippen LogP contribution in [0.25, 0.3) is 0 Å². The molecule has 0 heterocycles. The number of phenolic OH excluding ortho intramolecular Hbond substituents is 1. The molecule has 0 aliphatic rings. The molecule has 0 saturated carbocycles. The molecule has 2 aromatic carbocycles. The van der Waals surface area contributed by atoms with Crippen LogP contribution in [0.3, 0.4) is 0 Å². The third-order valence-corrected chi connectivity index (χ3v) is 6.60. The van der Waals surface area contributed by atoms with Crippen molar-refractivity contribution in [2.24, 2.45) is 11.7 Å². The highest BCUT2D eigenvalue weighted by atomic mass is 16.4. The minimum absolute atomic E-state index is 0.0265. The number of carbonyl (C=O) groups is 6. The minimum Gasteiger partial charge on any atom is -0.508 e. The Kier molecular flexibility index (Phi) is 14.5. The van der Waals surface area contributed by atoms with Gasteiger partial charge in [-0.2, -0.15) is 0 Å². The standard InChI is InChI=1S/C31H42N6O8/c1-18(2)13-24(29(42)35-19(3)31(44)45)37-30(43)25(15-20-7-5-4-6-8-20)36-27(40)17-33-26(39)16-34-28(41)23(32)14-21-9-11-22(38)12-10-21/h4-12,18-19,23-25,38H,13-17,32H2,1-3H3,(H,33,39)(H,34,41)(H,35,42)(H,36,40)(H,37,43)(H,44,45)/t19-,23-,24-,25-/m0/s1. The van der Waals surface area contributed by atoms with E-state index in [0.29, 0.717) is 0 Å². The number of nitrogens with one attached hydrogen (secondary N) is 5. The summed E-state index contributed by atoms with van der Waals surface area (Å²) in [5.74, 6) is -4.46. The zero-order valence-corrected chi connectivity index (χ0v) is 25.5. The third-order valence-electron chi connectivity index (χ3n) is 6.60. The fraction of sp³-hybridized carbons (Fsp3) is 0.419. The number of aromatic hydroxyl groups is 1. The fourth-order valence-electron chi connectivity index (χ4n) is 4.17. The first-order chi connectivity index (χ1) is 21.2. The first-order valence-corrected chi connectivity index (χ1v) is 14.5. The van der Waals surface area contributed by atoms with Crippen molar-refractivity contribution < 1.29 is 39.0 Å². The number of benzene rings is 2. The Hall–Kier alpha value is -4.98. The number of carbonyl (C=O) groups excluding carboxylic acids is 5. The van der Waals surface area contributed by atoms with Crippen LogP contribution in [0, 0.1) is 5.92 Å². The van der Waals surface area contributed by atoms with Crippen molar-refractivity contribution in [3.8, 4) is 5.75 Å². The topological polar surface area (TPSA) is 229 Å². The number of carboxylic acid groups (broad SMARTS) is 1. The number of hydrogen-bond donors (Lipinski definition) is 8. The second-order valence-electron chi connectivity index (χ2n) is 11.0. The van der Waals surface area contributed by atoms with E-state index in [1.807, 2.05) is 13.8 Å². The SMILES string of the molecule is CC(C)C[C@H](NC(=O)[C@H](Cc1ccccc1)NC(=O)CNC(=O)CNC(=O)[C@@H](N)Cc1ccc(O)cc1)C(=O)N[C@@H](C)C(=O)O. The van der Waals surface area contributed by atoms with Crippen molar-refractivity contribution in [1.82, 2.24) is 26.6 Å². The van der Waals surface area contributed by atoms with Gasteiger partial charge in [0, 0.05) is 6.42 Å². The van der Waals surface area contributed by atoms with Gasteiger partial charge in [-0.05, 0) is 48.9 Å². The molecule has 0 aliphatic heterocycles. The van der Waals surface area contributed by atoms with E-state index in [-0.39, 0.29) is 30.9 Å². The molecule has 45 heavy (non-hydrogen) atoms. The summed E-state index contributed by atoms with van der Waals surface area (Å²) in [6.45, 7) is 4.04. The molecule has 5 amide bonds. The van der Waals surface area contributed by atoms with E-state index in [2.05, 4.69) is 26.6 Å². The van der Waals surface area contributed by atoms with Crippen LogP contribution in [0.15, 0.2) is 54.6 Å². The van der Waals surface area contributed by atoms with Crippen molar-refractivity contribution in [3.05, 3.63) is 65.7 Å². The predicted octanol–water partition coefficient (Wildman–Crippen LogP) is -0.658. The number of phenols is 1. The van der Waals surface area contributed by atoms with Gasteiger partial charge in [0.25, 0.3) is 0 Å². The number of rotatable bonds is 17. The first-order valence-electron chi connectivity index (χ1n) is 14.5. The van der Waals surface area contributed by atoms with E-state index in [4.69, 9.17) is 10.8 Å². The highest BCUT2D eigenvalue weighted by Crippen LogP contribution is 2.11. The van der Waals surface area contributed by atoms with Crippen molar-refractivity contribution in [2.45, 2.75) is 64.2 Å². The summed E-state index contributed by atoms with van der Waals surface area (Å²) in [4.78, 5) is 74.7. The molecule has 0 spiro atoms. The zero-order valence-electron chi connectivity index (χ0n) is 25.5. The summed E-state index contributed by atoms with van der Waals surface area (Å²) >= 11 is 0. The molecule has 0 aromatic heterocycles. The number of amides is 5. The molecular weight excluding hydrogens is 584 g/mol. The first kappa shape index (κ1) is 36.2. The Morgan fingerprint density at radius 3 is 1.87 bits per heavy atom. The second kappa shape index (κ2) is 18.0. The van der Waals surface area contributed by atoms with E-state index in [1.54, 1.807) is 42.5 Å². The maximum Gasteiger partial charge on any atom is 0.325 e. The van der Waals surface area contributed by atoms with Crippen molar-refractivity contribution >= 4 is 35.5 Å². The Bertz CT molecular complexity index is 1320. The average molecular weight is 627 g/mol. The van der Waals surface area contributed by atoms with Gasteiger partial charge in [-0.25, -0.2) is 0 Å². The largest absolute Gasteiger partial charge is 0.508 e. The molecule has 14 nitrogen and oxygen atoms in total. The van der Waals surface area contributed by atoms with E-state index in [1.165, 1.54) is 19.1 Å². The Labute approximate surface area is 261 Å². The van der Waals surface area contributed by atoms with Gasteiger partial charge in [-0.3, -0.25) is 28.8 Å². The summed E-state index contributed by atoms with van der Waals surface area (Å²) in [7, 11) is 0. The van der Waals surface area contributed by atoms with Gasteiger partial charge in [-0.1, -0.05) is 56.3 Å². The predicted molar refractivity (Wildman–Crippen MR) is 165 cm³/mol. The number of nitrogens with two attached hydrogens (primary N) is 1. The van der Waals surface area contributed by atoms with Crippen LogP contribution in [0.1, 0.15) is 38.3 Å². The van der Waals surface area contributed by atoms with Crippen LogP contribution in [0.5, 0.6) is 5.75 Å². The molecule has 244 valence electrons. The molecule has 9 N–H and O–H groups in total. The van der Waals surface area contributed by atoms with Crippen LogP contribution >= 0.6 is 0 Å². The molecule has 0 fully saturated rings. The molecule has 0 radical (unpaired) electrons. The zero-order chi connectivity index (χ0) is 33.5. The van der Waals surface area contributed by atoms with Gasteiger partial charge in [0.1, 0.15) is 23.9 Å². The lowest BCUT2D eigenvalue weighted by atomic mass is 10.0. The number of hydrogen-bond acceptors (Lipinski definition) is 8. The molecular formula is C31H42N6O8. The summed E-state index contributed by atoms with van der Waals surface area (Å²) in [6.07, 6.45) is 0.471. The summed E-state index contributed by atoms with van der Waals surface area (Å²) < 4.78 is 0. The number of carboxylic acids is 1. The fourth-order valence-corrected chi connectivity index (χ4v) is 4.17. The van der Waals surface area contributed by atoms with Crippen LogP contribution < -0.4 is 32.3 Å². The van der Waals surface area contributed by atoms with Gasteiger partial charge in [0.05, 0.1) is 19.1 Å². The third kappa shape index (κ3) is 13.5. The Morgan fingerprint density at radius 1 is 0.689 bits per heavy atom. The molecule has 14 heteroatoms. The van der Waals surface area contributed by atoms with Crippen LogP contribution in [0.2, 0.25) is 0 Å². The smallest absolute Gasteiger partial charge is 0.325 e. The molecule has 0 unspecified atom stereocenters. The average Bonchev–Trinajstić information content (AvgIpc) is 2.99. The van der Waals surface area contributed by atoms with Gasteiger partial charge in [-0.15, -0.1) is 0 Å². The molecule has 2 rings (SSSR count). The quantitative estimate of drug-likeness (QED) is 0.111. The summed E-state index contributed by atoms with van der Waals surface area (Å²) in [6, 6.07) is 10.7. The normalized spacial score (nSPS) is 13.4. The van der Waals surface area contributed by atoms with Gasteiger partial charge in [0.2, 0.25) is 29.5 Å². The van der Waals surface area contributed by atoms with Crippen molar-refractivity contribution in [3.63, 3.8) is 0 Å². The van der Waals surface area contributed by atoms with E-state index < -0.39 is 72.8 Å². The molecule has 0 bridgehead atoms. The monoisotopic (exact) mass is 626 g/mol. The molecule has 0 aliphatic carbocycles. The van der Waals surface area contributed by atoms with Gasteiger partial charge < -0.3 is 42.5 Å². The maximum absolute atomic E-state index is 13.3. The van der Waals surface area contributed by atoms with E-state index in [9.17, 15) is 33.9 Å². The molecule has 2 aromatic rings. The highest BCUT2D eigenvalue weighted by Gasteiger charge is 2.29. The van der Waals surface area contributed by atoms with Crippen LogP contribution in [0.4, 0.5) is 0 Å². The summed E-state index contributed by atoms with van der Waals surface area (Å²) in [5, 5.41) is 30.9.